The number of nitrogens with zero attached hydrogens (tertiary/aromatic N) is 1. The van der Waals surface area contributed by atoms with Crippen molar-refractivity contribution in [2.75, 3.05) is 13.2 Å². The monoisotopic (exact) mass is 388 g/mol. The Labute approximate surface area is 170 Å². The van der Waals surface area contributed by atoms with Gasteiger partial charge < -0.3 is 15.0 Å². The summed E-state index contributed by atoms with van der Waals surface area (Å²) < 4.78 is 5.41. The first-order chi connectivity index (χ1) is 14.2. The summed E-state index contributed by atoms with van der Waals surface area (Å²) in [4.78, 5) is 26.6. The Kier molecular flexibility index (Phi) is 7.41. The Hall–Kier alpha value is -3.60. The molecular weight excluding hydrogens is 364 g/mol. The zero-order valence-corrected chi connectivity index (χ0v) is 16.2. The molecule has 3 rings (SSSR count). The van der Waals surface area contributed by atoms with Crippen molar-refractivity contribution >= 4 is 11.8 Å². The summed E-state index contributed by atoms with van der Waals surface area (Å²) in [5.41, 5.74) is 2.08. The molecule has 0 heterocycles. The average Bonchev–Trinajstić information content (AvgIpc) is 2.78. The fourth-order valence-electron chi connectivity index (χ4n) is 2.84. The molecule has 0 saturated heterocycles. The maximum Gasteiger partial charge on any atom is 0.258 e. The molecule has 148 valence electrons. The van der Waals surface area contributed by atoms with Crippen LogP contribution >= 0.6 is 0 Å². The second-order valence-electron chi connectivity index (χ2n) is 6.60. The molecule has 0 aliphatic rings. The van der Waals surface area contributed by atoms with Gasteiger partial charge in [-0.25, -0.2) is 0 Å². The first kappa shape index (κ1) is 20.1. The minimum absolute atomic E-state index is 0.0728. The second-order valence-corrected chi connectivity index (χ2v) is 6.60. The highest BCUT2D eigenvalue weighted by molar-refractivity contribution is 5.85. The van der Waals surface area contributed by atoms with Crippen LogP contribution in [0.4, 0.5) is 0 Å². The van der Waals surface area contributed by atoms with Gasteiger partial charge in [-0.05, 0) is 23.3 Å². The van der Waals surface area contributed by atoms with Crippen LogP contribution in [0.1, 0.15) is 11.1 Å². The van der Waals surface area contributed by atoms with Crippen molar-refractivity contribution in [3.05, 3.63) is 102 Å². The van der Waals surface area contributed by atoms with E-state index in [1.165, 1.54) is 0 Å². The molecule has 0 atom stereocenters. The molecule has 0 radical (unpaired) electrons. The van der Waals surface area contributed by atoms with Gasteiger partial charge >= 0.3 is 0 Å². The van der Waals surface area contributed by atoms with E-state index < -0.39 is 0 Å². The van der Waals surface area contributed by atoms with Crippen LogP contribution in [0.2, 0.25) is 0 Å². The Bertz CT molecular complexity index is 858. The van der Waals surface area contributed by atoms with Crippen molar-refractivity contribution in [2.45, 2.75) is 13.1 Å². The summed E-state index contributed by atoms with van der Waals surface area (Å²) in [5, 5.41) is 2.65. The van der Waals surface area contributed by atoms with Gasteiger partial charge in [0.2, 0.25) is 5.91 Å². The highest BCUT2D eigenvalue weighted by atomic mass is 16.5. The molecule has 0 aliphatic heterocycles. The van der Waals surface area contributed by atoms with Gasteiger partial charge in [-0.1, -0.05) is 78.9 Å². The Balaban J connectivity index is 1.56. The first-order valence-corrected chi connectivity index (χ1v) is 9.51. The molecule has 3 aromatic carbocycles. The molecule has 5 heteroatoms. The fourth-order valence-corrected chi connectivity index (χ4v) is 2.84. The van der Waals surface area contributed by atoms with Gasteiger partial charge in [-0.3, -0.25) is 9.59 Å². The van der Waals surface area contributed by atoms with Crippen molar-refractivity contribution in [1.29, 1.82) is 0 Å². The predicted molar refractivity (Wildman–Crippen MR) is 112 cm³/mol. The largest absolute Gasteiger partial charge is 0.484 e. The lowest BCUT2D eigenvalue weighted by Gasteiger charge is -2.23. The minimum Gasteiger partial charge on any atom is -0.484 e. The maximum atomic E-state index is 12.8. The minimum atomic E-state index is -0.332. The van der Waals surface area contributed by atoms with Crippen LogP contribution in [-0.2, 0) is 22.7 Å². The molecule has 0 aromatic heterocycles. The standard InChI is InChI=1S/C24H24N2O3/c27-23(19-29-22-14-8-3-9-15-22)25-16-24(28)26(17-20-10-4-1-5-11-20)18-21-12-6-2-7-13-21/h1-15H,16-19H2,(H,25,27). The summed E-state index contributed by atoms with van der Waals surface area (Å²) in [7, 11) is 0. The van der Waals surface area contributed by atoms with Gasteiger partial charge in [0.15, 0.2) is 6.61 Å². The quantitative estimate of drug-likeness (QED) is 0.611. The lowest BCUT2D eigenvalue weighted by atomic mass is 10.1. The molecule has 0 bridgehead atoms. The van der Waals surface area contributed by atoms with Crippen LogP contribution in [0.15, 0.2) is 91.0 Å². The third kappa shape index (κ3) is 6.81. The van der Waals surface area contributed by atoms with Crippen LogP contribution < -0.4 is 10.1 Å². The van der Waals surface area contributed by atoms with Crippen LogP contribution in [0, 0.1) is 0 Å². The summed E-state index contributed by atoms with van der Waals surface area (Å²) in [6, 6.07) is 28.7. The molecule has 29 heavy (non-hydrogen) atoms. The van der Waals surface area contributed by atoms with Gasteiger partial charge in [-0.15, -0.1) is 0 Å². The lowest BCUT2D eigenvalue weighted by molar-refractivity contribution is -0.134. The summed E-state index contributed by atoms with van der Waals surface area (Å²) >= 11 is 0. The average molecular weight is 388 g/mol. The van der Waals surface area contributed by atoms with E-state index in [0.717, 1.165) is 11.1 Å². The Morgan fingerprint density at radius 2 is 1.21 bits per heavy atom. The number of ether oxygens (including phenoxy) is 1. The van der Waals surface area contributed by atoms with Crippen molar-refractivity contribution in [3.8, 4) is 5.75 Å². The normalized spacial score (nSPS) is 10.2. The maximum absolute atomic E-state index is 12.8. The summed E-state index contributed by atoms with van der Waals surface area (Å²) in [5.74, 6) is 0.135. The van der Waals surface area contributed by atoms with Crippen molar-refractivity contribution in [3.63, 3.8) is 0 Å². The van der Waals surface area contributed by atoms with E-state index in [4.69, 9.17) is 4.74 Å². The molecule has 5 nitrogen and oxygen atoms in total. The second kappa shape index (κ2) is 10.7. The molecule has 0 aliphatic carbocycles. The number of rotatable bonds is 9. The highest BCUT2D eigenvalue weighted by Gasteiger charge is 2.16. The number of carbonyl (C=O) groups excluding carboxylic acids is 2. The van der Waals surface area contributed by atoms with Crippen LogP contribution in [0.5, 0.6) is 5.75 Å². The molecular formula is C24H24N2O3. The molecule has 3 aromatic rings. The number of nitrogens with one attached hydrogen (secondary N) is 1. The zero-order chi connectivity index (χ0) is 20.3. The third-order valence-corrected chi connectivity index (χ3v) is 4.34. The van der Waals surface area contributed by atoms with Gasteiger partial charge in [0.25, 0.3) is 5.91 Å². The topological polar surface area (TPSA) is 58.6 Å². The van der Waals surface area contributed by atoms with E-state index in [9.17, 15) is 9.59 Å². The molecule has 0 unspecified atom stereocenters. The van der Waals surface area contributed by atoms with Gasteiger partial charge in [-0.2, -0.15) is 0 Å². The Morgan fingerprint density at radius 1 is 0.724 bits per heavy atom. The molecule has 0 fully saturated rings. The van der Waals surface area contributed by atoms with E-state index in [0.29, 0.717) is 18.8 Å². The lowest BCUT2D eigenvalue weighted by Crippen LogP contribution is -2.41. The van der Waals surface area contributed by atoms with Crippen LogP contribution in [-0.4, -0.2) is 29.9 Å². The van der Waals surface area contributed by atoms with E-state index in [1.807, 2.05) is 78.9 Å². The van der Waals surface area contributed by atoms with Gasteiger partial charge in [0.1, 0.15) is 5.75 Å². The summed E-state index contributed by atoms with van der Waals surface area (Å²) in [6.07, 6.45) is 0. The molecule has 0 saturated carbocycles. The van der Waals surface area contributed by atoms with E-state index >= 15 is 0 Å². The number of amides is 2. The van der Waals surface area contributed by atoms with Crippen LogP contribution in [0.3, 0.4) is 0 Å². The fraction of sp³-hybridized carbons (Fsp3) is 0.167. The number of benzene rings is 3. The summed E-state index contributed by atoms with van der Waals surface area (Å²) in [6.45, 7) is 0.751. The predicted octanol–water partition coefficient (Wildman–Crippen LogP) is 3.41. The number of para-hydroxylation sites is 1. The SMILES string of the molecule is O=C(COc1ccccc1)NCC(=O)N(Cc1ccccc1)Cc1ccccc1. The van der Waals surface area contributed by atoms with E-state index in [-0.39, 0.29) is 25.0 Å². The van der Waals surface area contributed by atoms with Crippen molar-refractivity contribution in [2.24, 2.45) is 0 Å². The molecule has 2 amide bonds. The Morgan fingerprint density at radius 3 is 1.72 bits per heavy atom. The van der Waals surface area contributed by atoms with Crippen molar-refractivity contribution < 1.29 is 14.3 Å². The third-order valence-electron chi connectivity index (χ3n) is 4.34. The van der Waals surface area contributed by atoms with Crippen LogP contribution in [0.25, 0.3) is 0 Å². The number of hydrogen-bond donors (Lipinski definition) is 1. The first-order valence-electron chi connectivity index (χ1n) is 9.51. The smallest absolute Gasteiger partial charge is 0.258 e. The number of hydrogen-bond acceptors (Lipinski definition) is 3. The zero-order valence-electron chi connectivity index (χ0n) is 16.2. The molecule has 1 N–H and O–H groups in total. The molecule has 0 spiro atoms. The van der Waals surface area contributed by atoms with Gasteiger partial charge in [0, 0.05) is 13.1 Å². The number of carbonyl (C=O) groups is 2. The highest BCUT2D eigenvalue weighted by Crippen LogP contribution is 2.10. The van der Waals surface area contributed by atoms with Crippen molar-refractivity contribution in [1.82, 2.24) is 10.2 Å². The van der Waals surface area contributed by atoms with E-state index in [1.54, 1.807) is 17.0 Å². The van der Waals surface area contributed by atoms with E-state index in [2.05, 4.69) is 5.32 Å². The van der Waals surface area contributed by atoms with Gasteiger partial charge in [0.05, 0.1) is 6.54 Å².